The largest absolute Gasteiger partial charge is 0.485 e. The van der Waals surface area contributed by atoms with Crippen LogP contribution in [0.4, 0.5) is 35.1 Å². The Labute approximate surface area is 189 Å². The fourth-order valence-electron chi connectivity index (χ4n) is 2.60. The van der Waals surface area contributed by atoms with Gasteiger partial charge in [-0.15, -0.1) is 0 Å². The molecule has 0 unspecified atom stereocenters. The van der Waals surface area contributed by atoms with Crippen LogP contribution in [0.25, 0.3) is 12.2 Å². The molecule has 0 radical (unpaired) electrons. The number of benzene rings is 2. The van der Waals surface area contributed by atoms with E-state index >= 15 is 0 Å². The van der Waals surface area contributed by atoms with Crippen molar-refractivity contribution in [3.63, 3.8) is 0 Å². The highest BCUT2D eigenvalue weighted by atomic mass is 19.2. The van der Waals surface area contributed by atoms with Gasteiger partial charge < -0.3 is 18.9 Å². The van der Waals surface area contributed by atoms with E-state index in [0.717, 1.165) is 0 Å². The van der Waals surface area contributed by atoms with Crippen LogP contribution in [-0.4, -0.2) is 39.6 Å². The highest BCUT2D eigenvalue weighted by Crippen LogP contribution is 2.31. The van der Waals surface area contributed by atoms with Gasteiger partial charge in [0.15, 0.2) is 34.8 Å². The van der Waals surface area contributed by atoms with Crippen LogP contribution in [0.5, 0.6) is 11.5 Å². The summed E-state index contributed by atoms with van der Waals surface area (Å²) in [6.07, 6.45) is 1.24. The molecule has 0 saturated carbocycles. The van der Waals surface area contributed by atoms with Crippen molar-refractivity contribution in [1.82, 2.24) is 0 Å². The second-order valence-corrected chi connectivity index (χ2v) is 6.33. The summed E-state index contributed by atoms with van der Waals surface area (Å²) in [5.74, 6) is -16.0. The third kappa shape index (κ3) is 5.86. The Balaban J connectivity index is 1.70. The maximum absolute atomic E-state index is 13.8. The highest BCUT2D eigenvalue weighted by Gasteiger charge is 2.26. The van der Waals surface area contributed by atoms with Gasteiger partial charge >= 0.3 is 0 Å². The van der Waals surface area contributed by atoms with Gasteiger partial charge in [0.05, 0.1) is 37.6 Å². The van der Waals surface area contributed by atoms with Crippen molar-refractivity contribution in [3.8, 4) is 11.5 Å². The molecule has 0 N–H and O–H groups in total. The molecule has 4 nitrogen and oxygen atoms in total. The fourth-order valence-corrected chi connectivity index (χ4v) is 2.60. The Kier molecular flexibility index (Phi) is 9.87. The lowest BCUT2D eigenvalue weighted by molar-refractivity contribution is 0.0256. The molecular weight excluding hydrogens is 480 g/mol. The lowest BCUT2D eigenvalue weighted by atomic mass is 10.1. The summed E-state index contributed by atoms with van der Waals surface area (Å²) in [5, 5.41) is 0. The lowest BCUT2D eigenvalue weighted by Crippen LogP contribution is -2.15. The Morgan fingerprint density at radius 2 is 0.706 bits per heavy atom. The van der Waals surface area contributed by atoms with Gasteiger partial charge in [0.2, 0.25) is 23.3 Å². The van der Waals surface area contributed by atoms with Crippen molar-refractivity contribution in [2.24, 2.45) is 0 Å². The van der Waals surface area contributed by atoms with E-state index in [1.165, 1.54) is 0 Å². The number of rotatable bonds is 13. The summed E-state index contributed by atoms with van der Waals surface area (Å²) in [7, 11) is 0. The molecule has 0 aromatic heterocycles. The number of hydrogen-bond donors (Lipinski definition) is 0. The molecule has 0 heterocycles. The van der Waals surface area contributed by atoms with Crippen molar-refractivity contribution in [2.75, 3.05) is 39.6 Å². The summed E-state index contributed by atoms with van der Waals surface area (Å²) < 4.78 is 129. The minimum Gasteiger partial charge on any atom is -0.485 e. The van der Waals surface area contributed by atoms with Crippen LogP contribution < -0.4 is 9.47 Å². The molecule has 0 atom stereocenters. The van der Waals surface area contributed by atoms with Gasteiger partial charge in [-0.1, -0.05) is 25.3 Å². The van der Waals surface area contributed by atoms with Gasteiger partial charge in [-0.25, -0.2) is 17.6 Å². The number of ether oxygens (including phenoxy) is 4. The molecule has 0 aliphatic rings. The van der Waals surface area contributed by atoms with Crippen molar-refractivity contribution in [1.29, 1.82) is 0 Å². The minimum absolute atomic E-state index is 0.0769. The van der Waals surface area contributed by atoms with Crippen molar-refractivity contribution >= 4 is 12.2 Å². The third-order valence-corrected chi connectivity index (χ3v) is 4.24. The minimum atomic E-state index is -1.72. The third-order valence-electron chi connectivity index (χ3n) is 4.24. The van der Waals surface area contributed by atoms with Crippen LogP contribution in [0.1, 0.15) is 11.1 Å². The molecule has 2 aromatic rings. The zero-order valence-corrected chi connectivity index (χ0v) is 17.5. The summed E-state index contributed by atoms with van der Waals surface area (Å²) in [4.78, 5) is 0. The van der Waals surface area contributed by atoms with E-state index in [4.69, 9.17) is 18.9 Å². The molecule has 0 fully saturated rings. The molecule has 0 amide bonds. The summed E-state index contributed by atoms with van der Waals surface area (Å²) in [5.41, 5.74) is -1.93. The van der Waals surface area contributed by atoms with E-state index in [9.17, 15) is 35.1 Å². The first-order valence-electron chi connectivity index (χ1n) is 9.55. The average Bonchev–Trinajstić information content (AvgIpc) is 2.82. The number of hydrogen-bond acceptors (Lipinski definition) is 4. The van der Waals surface area contributed by atoms with Crippen LogP contribution in [0.3, 0.4) is 0 Å². The van der Waals surface area contributed by atoms with Gasteiger partial charge in [0.1, 0.15) is 13.2 Å². The molecule has 2 rings (SSSR count). The second-order valence-electron chi connectivity index (χ2n) is 6.33. The predicted octanol–water partition coefficient (Wildman–Crippen LogP) is 5.58. The zero-order valence-electron chi connectivity index (χ0n) is 17.5. The van der Waals surface area contributed by atoms with Crippen molar-refractivity contribution in [3.05, 3.63) is 70.8 Å². The molecular formula is C22H18F8O4. The van der Waals surface area contributed by atoms with Crippen molar-refractivity contribution < 1.29 is 54.1 Å². The first kappa shape index (κ1) is 27.1. The maximum atomic E-state index is 13.8. The molecule has 0 aliphatic heterocycles. The molecule has 2 aromatic carbocycles. The van der Waals surface area contributed by atoms with Gasteiger partial charge in [-0.3, -0.25) is 0 Å². The average molecular weight is 498 g/mol. The first-order chi connectivity index (χ1) is 16.2. The summed E-state index contributed by atoms with van der Waals surface area (Å²) in [6, 6.07) is 0. The zero-order chi connectivity index (χ0) is 25.4. The van der Waals surface area contributed by atoms with Crippen LogP contribution >= 0.6 is 0 Å². The van der Waals surface area contributed by atoms with Gasteiger partial charge in [0, 0.05) is 0 Å². The van der Waals surface area contributed by atoms with Crippen molar-refractivity contribution in [2.45, 2.75) is 0 Å². The maximum Gasteiger partial charge on any atom is 0.204 e. The molecule has 34 heavy (non-hydrogen) atoms. The van der Waals surface area contributed by atoms with Gasteiger partial charge in [-0.2, -0.15) is 17.6 Å². The molecule has 12 heteroatoms. The van der Waals surface area contributed by atoms with E-state index in [2.05, 4.69) is 13.2 Å². The fraction of sp³-hybridized carbons (Fsp3) is 0.273. The quantitative estimate of drug-likeness (QED) is 0.206. The smallest absolute Gasteiger partial charge is 0.204 e. The van der Waals surface area contributed by atoms with E-state index in [0.29, 0.717) is 12.2 Å². The molecule has 0 spiro atoms. The molecule has 186 valence electrons. The topological polar surface area (TPSA) is 36.9 Å². The molecule has 0 saturated heterocycles. The standard InChI is InChI=1S/C22H18F8O4/c1-3-11-13(23)17(27)21(18(28)14(11)24)33-9-7-31-5-6-32-8-10-34-22-19(29)15(25)12(4-2)16(26)20(22)30/h3-4H,1-2,5-10H2. The highest BCUT2D eigenvalue weighted by molar-refractivity contribution is 5.52. The second kappa shape index (κ2) is 12.4. The van der Waals surface area contributed by atoms with E-state index < -0.39 is 82.4 Å². The Morgan fingerprint density at radius 1 is 0.441 bits per heavy atom. The van der Waals surface area contributed by atoms with Gasteiger partial charge in [0.25, 0.3) is 0 Å². The Morgan fingerprint density at radius 3 is 0.971 bits per heavy atom. The molecule has 0 aliphatic carbocycles. The summed E-state index contributed by atoms with van der Waals surface area (Å²) >= 11 is 0. The lowest BCUT2D eigenvalue weighted by Gasteiger charge is -2.12. The van der Waals surface area contributed by atoms with Crippen LogP contribution in [-0.2, 0) is 9.47 Å². The normalized spacial score (nSPS) is 10.9. The van der Waals surface area contributed by atoms with Crippen LogP contribution in [0.15, 0.2) is 13.2 Å². The first-order valence-corrected chi connectivity index (χ1v) is 9.55. The van der Waals surface area contributed by atoms with E-state index in [1.807, 2.05) is 0 Å². The monoisotopic (exact) mass is 498 g/mol. The van der Waals surface area contributed by atoms with E-state index in [-0.39, 0.29) is 26.4 Å². The SMILES string of the molecule is C=Cc1c(F)c(F)c(OCCOCCOCCOc2c(F)c(F)c(C=C)c(F)c2F)c(F)c1F. The Bertz CT molecular complexity index is 917. The predicted molar refractivity (Wildman–Crippen MR) is 105 cm³/mol. The Hall–Kier alpha value is -3.12. The van der Waals surface area contributed by atoms with Crippen LogP contribution in [0, 0.1) is 46.5 Å². The van der Waals surface area contributed by atoms with Crippen LogP contribution in [0.2, 0.25) is 0 Å². The molecule has 0 bridgehead atoms. The van der Waals surface area contributed by atoms with E-state index in [1.54, 1.807) is 0 Å². The summed E-state index contributed by atoms with van der Waals surface area (Å²) in [6.45, 7) is 4.57. The number of halogens is 8. The van der Waals surface area contributed by atoms with Gasteiger partial charge in [-0.05, 0) is 0 Å².